The van der Waals surface area contributed by atoms with Gasteiger partial charge in [0.15, 0.2) is 0 Å². The SMILES string of the molecule is CNS(=O)(=O)N1CCN(c2ccc(N3CC(CNC(=S)C(C)C)OC3=O)cc2F)CC1. The van der Waals surface area contributed by atoms with E-state index < -0.39 is 22.1 Å². The van der Waals surface area contributed by atoms with E-state index in [0.717, 1.165) is 0 Å². The van der Waals surface area contributed by atoms with E-state index in [-0.39, 0.29) is 25.1 Å². The molecule has 12 heteroatoms. The molecule has 2 saturated heterocycles. The largest absolute Gasteiger partial charge is 0.442 e. The maximum Gasteiger partial charge on any atom is 0.414 e. The lowest BCUT2D eigenvalue weighted by atomic mass is 10.2. The van der Waals surface area contributed by atoms with Gasteiger partial charge >= 0.3 is 6.09 Å². The summed E-state index contributed by atoms with van der Waals surface area (Å²) in [6, 6.07) is 4.59. The Morgan fingerprint density at radius 3 is 2.55 bits per heavy atom. The van der Waals surface area contributed by atoms with E-state index in [9.17, 15) is 17.6 Å². The van der Waals surface area contributed by atoms with Crippen molar-refractivity contribution in [2.24, 2.45) is 5.92 Å². The highest BCUT2D eigenvalue weighted by Gasteiger charge is 2.33. The third kappa shape index (κ3) is 5.43. The highest BCUT2D eigenvalue weighted by Crippen LogP contribution is 2.28. The predicted octanol–water partition coefficient (Wildman–Crippen LogP) is 1.31. The van der Waals surface area contributed by atoms with Crippen LogP contribution in [0.3, 0.4) is 0 Å². The van der Waals surface area contributed by atoms with Crippen LogP contribution in [0.4, 0.5) is 20.6 Å². The first-order valence-electron chi connectivity index (χ1n) is 10.1. The standard InChI is InChI=1S/C19H28FN5O4S2/c1-13(2)18(30)22-11-15-12-25(19(26)29-15)14-4-5-17(16(20)10-14)23-6-8-24(9-7-23)31(27,28)21-3/h4-5,10,13,15,21H,6-9,11-12H2,1-3H3,(H,22,30). The number of ether oxygens (including phenoxy) is 1. The lowest BCUT2D eigenvalue weighted by Crippen LogP contribution is -2.51. The number of halogens is 1. The van der Waals surface area contributed by atoms with Gasteiger partial charge in [-0.15, -0.1) is 0 Å². The molecule has 2 aliphatic rings. The van der Waals surface area contributed by atoms with Crippen molar-refractivity contribution >= 4 is 44.9 Å². The van der Waals surface area contributed by atoms with Crippen LogP contribution in [0.5, 0.6) is 0 Å². The van der Waals surface area contributed by atoms with Crippen LogP contribution in [0, 0.1) is 11.7 Å². The normalized spacial score (nSPS) is 20.3. The van der Waals surface area contributed by atoms with Gasteiger partial charge < -0.3 is 15.0 Å². The number of nitrogens with one attached hydrogen (secondary N) is 2. The molecule has 31 heavy (non-hydrogen) atoms. The van der Waals surface area contributed by atoms with Crippen molar-refractivity contribution < 1.29 is 22.3 Å². The van der Waals surface area contributed by atoms with E-state index >= 15 is 0 Å². The molecule has 0 bridgehead atoms. The molecule has 2 fully saturated rings. The minimum absolute atomic E-state index is 0.199. The van der Waals surface area contributed by atoms with Crippen molar-refractivity contribution in [3.05, 3.63) is 24.0 Å². The summed E-state index contributed by atoms with van der Waals surface area (Å²) in [4.78, 5) is 16.2. The van der Waals surface area contributed by atoms with Crippen LogP contribution in [-0.2, 0) is 14.9 Å². The highest BCUT2D eigenvalue weighted by atomic mass is 32.2. The molecule has 9 nitrogen and oxygen atoms in total. The molecule has 1 amide bonds. The van der Waals surface area contributed by atoms with Gasteiger partial charge in [-0.05, 0) is 18.2 Å². The van der Waals surface area contributed by atoms with Gasteiger partial charge in [0.1, 0.15) is 11.9 Å². The predicted molar refractivity (Wildman–Crippen MR) is 121 cm³/mol. The molecule has 0 saturated carbocycles. The zero-order valence-electron chi connectivity index (χ0n) is 17.8. The van der Waals surface area contributed by atoms with Gasteiger partial charge in [0, 0.05) is 39.1 Å². The highest BCUT2D eigenvalue weighted by molar-refractivity contribution is 7.87. The molecular weight excluding hydrogens is 445 g/mol. The molecule has 1 unspecified atom stereocenters. The number of cyclic esters (lactones) is 1. The average molecular weight is 474 g/mol. The number of carbonyl (C=O) groups excluding carboxylic acids is 1. The van der Waals surface area contributed by atoms with Gasteiger partial charge in [-0.2, -0.15) is 12.7 Å². The van der Waals surface area contributed by atoms with E-state index in [1.54, 1.807) is 17.0 Å². The van der Waals surface area contributed by atoms with Crippen molar-refractivity contribution in [2.75, 3.05) is 56.1 Å². The Bertz CT molecular complexity index is 935. The molecular formula is C19H28FN5O4S2. The number of nitrogens with zero attached hydrogens (tertiary/aromatic N) is 3. The van der Waals surface area contributed by atoms with Crippen LogP contribution >= 0.6 is 12.2 Å². The summed E-state index contributed by atoms with van der Waals surface area (Å²) in [5.41, 5.74) is 0.787. The van der Waals surface area contributed by atoms with Crippen LogP contribution < -0.4 is 19.8 Å². The Balaban J connectivity index is 1.62. The summed E-state index contributed by atoms with van der Waals surface area (Å²) < 4.78 is 47.6. The number of piperazine rings is 1. The minimum atomic E-state index is -3.49. The fourth-order valence-corrected chi connectivity index (χ4v) is 4.46. The van der Waals surface area contributed by atoms with Crippen LogP contribution in [0.2, 0.25) is 0 Å². The lowest BCUT2D eigenvalue weighted by molar-refractivity contribution is 0.143. The second kappa shape index (κ2) is 9.63. The van der Waals surface area contributed by atoms with Crippen LogP contribution in [0.25, 0.3) is 0 Å². The van der Waals surface area contributed by atoms with Crippen LogP contribution in [-0.4, -0.2) is 76.2 Å². The number of anilines is 2. The Kier molecular flexibility index (Phi) is 7.35. The van der Waals surface area contributed by atoms with Crippen molar-refractivity contribution in [2.45, 2.75) is 20.0 Å². The van der Waals surface area contributed by atoms with E-state index in [0.29, 0.717) is 42.5 Å². The Morgan fingerprint density at radius 1 is 1.29 bits per heavy atom. The van der Waals surface area contributed by atoms with Crippen LogP contribution in [0.1, 0.15) is 13.8 Å². The molecule has 1 aromatic carbocycles. The minimum Gasteiger partial charge on any atom is -0.442 e. The molecule has 3 rings (SSSR count). The van der Waals surface area contributed by atoms with Gasteiger partial charge in [-0.3, -0.25) is 4.90 Å². The molecule has 0 aromatic heterocycles. The topological polar surface area (TPSA) is 94.2 Å². The Hall–Kier alpha value is -2.02. The maximum absolute atomic E-state index is 14.9. The van der Waals surface area contributed by atoms with E-state index in [4.69, 9.17) is 17.0 Å². The third-order valence-corrected chi connectivity index (χ3v) is 7.50. The number of carbonyl (C=O) groups is 1. The maximum atomic E-state index is 14.9. The summed E-state index contributed by atoms with van der Waals surface area (Å²) in [7, 11) is -2.13. The summed E-state index contributed by atoms with van der Waals surface area (Å²) >= 11 is 5.23. The zero-order chi connectivity index (χ0) is 22.8. The molecule has 1 atom stereocenters. The number of hydrogen-bond donors (Lipinski definition) is 2. The molecule has 1 aromatic rings. The molecule has 2 heterocycles. The van der Waals surface area contributed by atoms with Crippen LogP contribution in [0.15, 0.2) is 18.2 Å². The molecule has 172 valence electrons. The zero-order valence-corrected chi connectivity index (χ0v) is 19.4. The molecule has 2 N–H and O–H groups in total. The first-order valence-corrected chi connectivity index (χ1v) is 12.0. The van der Waals surface area contributed by atoms with Gasteiger partial charge in [0.2, 0.25) is 0 Å². The average Bonchev–Trinajstić information content (AvgIpc) is 3.12. The summed E-state index contributed by atoms with van der Waals surface area (Å²) in [5, 5.41) is 3.09. The second-order valence-electron chi connectivity index (χ2n) is 7.75. The molecule has 0 spiro atoms. The number of rotatable bonds is 7. The number of hydrogen-bond acceptors (Lipinski definition) is 6. The molecule has 2 aliphatic heterocycles. The summed E-state index contributed by atoms with van der Waals surface area (Å²) in [6.07, 6.45) is -0.908. The van der Waals surface area contributed by atoms with E-state index in [1.165, 1.54) is 22.3 Å². The van der Waals surface area contributed by atoms with E-state index in [1.807, 2.05) is 13.8 Å². The summed E-state index contributed by atoms with van der Waals surface area (Å²) in [6.45, 7) is 5.91. The van der Waals surface area contributed by atoms with Crippen molar-refractivity contribution in [3.8, 4) is 0 Å². The Morgan fingerprint density at radius 2 is 1.97 bits per heavy atom. The van der Waals surface area contributed by atoms with Gasteiger partial charge in [0.25, 0.3) is 10.2 Å². The first-order chi connectivity index (χ1) is 14.6. The number of thiocarbonyl (C=S) groups is 1. The number of benzene rings is 1. The monoisotopic (exact) mass is 473 g/mol. The van der Waals surface area contributed by atoms with Gasteiger partial charge in [0.05, 0.1) is 29.5 Å². The van der Waals surface area contributed by atoms with Gasteiger partial charge in [-0.25, -0.2) is 13.9 Å². The van der Waals surface area contributed by atoms with Crippen molar-refractivity contribution in [3.63, 3.8) is 0 Å². The molecule has 0 radical (unpaired) electrons. The quantitative estimate of drug-likeness (QED) is 0.577. The second-order valence-corrected chi connectivity index (χ2v) is 10.1. The first kappa shape index (κ1) is 23.6. The van der Waals surface area contributed by atoms with Crippen molar-refractivity contribution in [1.29, 1.82) is 0 Å². The number of amides is 1. The fraction of sp³-hybridized carbons (Fsp3) is 0.579. The Labute approximate surface area is 187 Å². The smallest absolute Gasteiger partial charge is 0.414 e. The van der Waals surface area contributed by atoms with Gasteiger partial charge in [-0.1, -0.05) is 26.1 Å². The third-order valence-electron chi connectivity index (χ3n) is 5.32. The summed E-state index contributed by atoms with van der Waals surface area (Å²) in [5.74, 6) is -0.275. The molecule has 0 aliphatic carbocycles. The lowest BCUT2D eigenvalue weighted by Gasteiger charge is -2.35. The van der Waals surface area contributed by atoms with Crippen molar-refractivity contribution in [1.82, 2.24) is 14.3 Å². The van der Waals surface area contributed by atoms with E-state index in [2.05, 4.69) is 10.0 Å². The fourth-order valence-electron chi connectivity index (χ4n) is 3.48.